The van der Waals surface area contributed by atoms with Crippen LogP contribution in [0.3, 0.4) is 0 Å². The lowest BCUT2D eigenvalue weighted by molar-refractivity contribution is -0.365. The smallest absolute Gasteiger partial charge is 0.326 e. The molecule has 0 aromatic heterocycles. The maximum absolute atomic E-state index is 13.8. The standard InChI is InChI=1S/C35H35Cl3O16/c1-14-45-12-23-31(49-14)32(52-25(40)9-37)33(53-26(41)10-38)35(50-23)54-29-17-7-20-19(47-13-48-20)6-16(17)27(28-18(29)11-46-34(28)42)15-4-21(43-2)30(22(5-15)44-3)51-24(39)8-36/h4-7,14,18,23,27-29,31-33,35H,8-13H2,1-3H3/t14-,18+,23-,27-,28+,29-,31-,32+,33-,35?/m1/s1. The summed E-state index contributed by atoms with van der Waals surface area (Å²) in [5.74, 6) is -5.50. The fourth-order valence-corrected chi connectivity index (χ4v) is 7.74. The second-order valence-corrected chi connectivity index (χ2v) is 13.6. The molecular formula is C35H35Cl3O16. The Morgan fingerprint density at radius 2 is 1.43 bits per heavy atom. The molecule has 2 aromatic rings. The number of alkyl halides is 3. The van der Waals surface area contributed by atoms with Crippen molar-refractivity contribution in [3.05, 3.63) is 41.0 Å². The van der Waals surface area contributed by atoms with Gasteiger partial charge in [-0.05, 0) is 47.9 Å². The van der Waals surface area contributed by atoms with Crippen molar-refractivity contribution in [3.8, 4) is 28.7 Å². The summed E-state index contributed by atoms with van der Waals surface area (Å²) in [6.45, 7) is 1.55. The Morgan fingerprint density at radius 3 is 2.06 bits per heavy atom. The first kappa shape index (κ1) is 38.5. The van der Waals surface area contributed by atoms with Crippen molar-refractivity contribution >= 4 is 58.7 Å². The van der Waals surface area contributed by atoms with E-state index in [1.54, 1.807) is 31.2 Å². The predicted octanol–water partition coefficient (Wildman–Crippen LogP) is 3.36. The molecule has 4 aliphatic heterocycles. The SMILES string of the molecule is COc1cc([C@@H]2c3cc4c(cc3[C@@H](OC3O[C@@H]5CO[C@@H](C)O[C@H]5[C@H](OC(=O)CCl)[C@H]3OC(=O)CCl)[C@H]3COC(=O)[C@H]23)OCO4)cc(OC)c1OC(=O)CCl. The third-order valence-electron chi connectivity index (χ3n) is 9.76. The number of methoxy groups -OCH3 is 2. The number of carbonyl (C=O) groups excluding carboxylic acids is 4. The zero-order valence-corrected chi connectivity index (χ0v) is 31.3. The van der Waals surface area contributed by atoms with Crippen molar-refractivity contribution < 1.29 is 76.0 Å². The van der Waals surface area contributed by atoms with Crippen molar-refractivity contribution in [2.45, 2.75) is 55.9 Å². The van der Waals surface area contributed by atoms with Gasteiger partial charge in [0.05, 0.1) is 39.5 Å². The molecule has 10 atom stereocenters. The average molecular weight is 818 g/mol. The molecule has 19 heteroatoms. The van der Waals surface area contributed by atoms with Crippen LogP contribution in [0, 0.1) is 11.8 Å². The molecule has 0 bridgehead atoms. The Labute approximate surface area is 323 Å². The lowest BCUT2D eigenvalue weighted by Gasteiger charge is -2.49. The van der Waals surface area contributed by atoms with Crippen molar-refractivity contribution in [2.75, 3.05) is 51.9 Å². The Morgan fingerprint density at radius 1 is 0.796 bits per heavy atom. The monoisotopic (exact) mass is 816 g/mol. The van der Waals surface area contributed by atoms with Gasteiger partial charge in [-0.15, -0.1) is 34.8 Å². The van der Waals surface area contributed by atoms with Gasteiger partial charge in [0, 0.05) is 11.8 Å². The maximum atomic E-state index is 13.8. The highest BCUT2D eigenvalue weighted by molar-refractivity contribution is 6.27. The molecule has 16 nitrogen and oxygen atoms in total. The zero-order valence-electron chi connectivity index (χ0n) is 29.0. The van der Waals surface area contributed by atoms with Crippen molar-refractivity contribution in [3.63, 3.8) is 0 Å². The van der Waals surface area contributed by atoms with Gasteiger partial charge in [-0.25, -0.2) is 0 Å². The van der Waals surface area contributed by atoms with Gasteiger partial charge in [0.25, 0.3) is 0 Å². The lowest BCUT2D eigenvalue weighted by atomic mass is 9.66. The molecule has 7 rings (SSSR count). The summed E-state index contributed by atoms with van der Waals surface area (Å²) in [7, 11) is 2.78. The van der Waals surface area contributed by atoms with Crippen LogP contribution in [-0.4, -0.2) is 113 Å². The minimum Gasteiger partial charge on any atom is -0.493 e. The minimum atomic E-state index is -1.42. The Kier molecular flexibility index (Phi) is 11.5. The van der Waals surface area contributed by atoms with E-state index in [-0.39, 0.29) is 37.3 Å². The molecule has 3 saturated heterocycles. The van der Waals surface area contributed by atoms with E-state index in [0.717, 1.165) is 0 Å². The van der Waals surface area contributed by atoms with E-state index in [9.17, 15) is 19.2 Å². The molecule has 1 aliphatic carbocycles. The van der Waals surface area contributed by atoms with Crippen molar-refractivity contribution in [1.82, 2.24) is 0 Å². The number of ether oxygens (including phenoxy) is 12. The number of cyclic esters (lactones) is 1. The summed E-state index contributed by atoms with van der Waals surface area (Å²) in [6, 6.07) is 6.76. The molecule has 0 radical (unpaired) electrons. The molecule has 5 aliphatic rings. The molecule has 4 heterocycles. The van der Waals surface area contributed by atoms with Crippen LogP contribution in [0.1, 0.15) is 35.6 Å². The fraction of sp³-hybridized carbons (Fsp3) is 0.543. The number of esters is 4. The highest BCUT2D eigenvalue weighted by Crippen LogP contribution is 2.57. The van der Waals surface area contributed by atoms with Crippen LogP contribution in [0.25, 0.3) is 0 Å². The van der Waals surface area contributed by atoms with Gasteiger partial charge in [0.15, 0.2) is 47.8 Å². The van der Waals surface area contributed by atoms with Gasteiger partial charge >= 0.3 is 23.9 Å². The van der Waals surface area contributed by atoms with Gasteiger partial charge in [0.1, 0.15) is 29.8 Å². The second-order valence-electron chi connectivity index (χ2n) is 12.8. The molecule has 0 N–H and O–H groups in total. The molecule has 0 amide bonds. The summed E-state index contributed by atoms with van der Waals surface area (Å²) in [5.41, 5.74) is 1.70. The van der Waals surface area contributed by atoms with E-state index >= 15 is 0 Å². The van der Waals surface area contributed by atoms with E-state index < -0.39 is 102 Å². The summed E-state index contributed by atoms with van der Waals surface area (Å²) in [5, 5.41) is 0. The van der Waals surface area contributed by atoms with E-state index in [2.05, 4.69) is 0 Å². The molecule has 292 valence electrons. The minimum absolute atomic E-state index is 0.00246. The number of fused-ring (bicyclic) bond motifs is 4. The van der Waals surface area contributed by atoms with Crippen LogP contribution in [0.2, 0.25) is 0 Å². The molecule has 1 unspecified atom stereocenters. The number of hydrogen-bond donors (Lipinski definition) is 0. The van der Waals surface area contributed by atoms with Gasteiger partial charge in [-0.1, -0.05) is 0 Å². The van der Waals surface area contributed by atoms with Gasteiger partial charge < -0.3 is 56.8 Å². The van der Waals surface area contributed by atoms with Gasteiger partial charge in [0.2, 0.25) is 12.5 Å². The topological polar surface area (TPSA) is 179 Å². The summed E-state index contributed by atoms with van der Waals surface area (Å²) in [6.07, 6.45) is -7.54. The number of hydrogen-bond acceptors (Lipinski definition) is 16. The van der Waals surface area contributed by atoms with Crippen LogP contribution in [0.15, 0.2) is 24.3 Å². The number of halogens is 3. The molecular weight excluding hydrogens is 783 g/mol. The van der Waals surface area contributed by atoms with Crippen molar-refractivity contribution in [1.29, 1.82) is 0 Å². The number of rotatable bonds is 11. The first-order valence-electron chi connectivity index (χ1n) is 16.8. The van der Waals surface area contributed by atoms with Crippen LogP contribution >= 0.6 is 34.8 Å². The van der Waals surface area contributed by atoms with Crippen LogP contribution < -0.4 is 23.7 Å². The van der Waals surface area contributed by atoms with Crippen LogP contribution in [0.4, 0.5) is 0 Å². The van der Waals surface area contributed by atoms with Gasteiger partial charge in [-0.3, -0.25) is 19.2 Å². The molecule has 3 fully saturated rings. The highest BCUT2D eigenvalue weighted by atomic mass is 35.5. The summed E-state index contributed by atoms with van der Waals surface area (Å²) in [4.78, 5) is 51.4. The summed E-state index contributed by atoms with van der Waals surface area (Å²) >= 11 is 17.4. The lowest BCUT2D eigenvalue weighted by Crippen LogP contribution is -2.65. The third kappa shape index (κ3) is 7.20. The second kappa shape index (κ2) is 16.1. The van der Waals surface area contributed by atoms with E-state index in [1.807, 2.05) is 0 Å². The molecule has 54 heavy (non-hydrogen) atoms. The van der Waals surface area contributed by atoms with Gasteiger partial charge in [-0.2, -0.15) is 0 Å². The van der Waals surface area contributed by atoms with E-state index in [1.165, 1.54) is 14.2 Å². The molecule has 0 spiro atoms. The molecule has 0 saturated carbocycles. The van der Waals surface area contributed by atoms with E-state index in [4.69, 9.17) is 91.6 Å². The van der Waals surface area contributed by atoms with Crippen molar-refractivity contribution in [2.24, 2.45) is 11.8 Å². The molecule has 2 aromatic carbocycles. The first-order valence-corrected chi connectivity index (χ1v) is 18.4. The Bertz CT molecular complexity index is 1770. The largest absolute Gasteiger partial charge is 0.493 e. The van der Waals surface area contributed by atoms with E-state index in [0.29, 0.717) is 28.2 Å². The number of benzene rings is 2. The Hall–Kier alpha value is -3.77. The quantitative estimate of drug-likeness (QED) is 0.139. The Balaban J connectivity index is 1.34. The zero-order chi connectivity index (χ0) is 38.3. The average Bonchev–Trinajstić information content (AvgIpc) is 3.81. The van der Waals surface area contributed by atoms with Crippen LogP contribution in [-0.2, 0) is 52.3 Å². The number of carbonyl (C=O) groups is 4. The summed E-state index contributed by atoms with van der Waals surface area (Å²) < 4.78 is 70.2. The first-order chi connectivity index (χ1) is 26.1. The van der Waals surface area contributed by atoms with Crippen LogP contribution in [0.5, 0.6) is 28.7 Å². The maximum Gasteiger partial charge on any atom is 0.326 e. The predicted molar refractivity (Wildman–Crippen MR) is 182 cm³/mol. The third-order valence-corrected chi connectivity index (χ3v) is 10.4. The fourth-order valence-electron chi connectivity index (χ4n) is 7.56. The highest BCUT2D eigenvalue weighted by Gasteiger charge is 2.58. The normalized spacial score (nSPS) is 30.6.